The van der Waals surface area contributed by atoms with Crippen LogP contribution in [0.2, 0.25) is 0 Å². The molecule has 0 unspecified atom stereocenters. The molecule has 0 radical (unpaired) electrons. The molecule has 2 aromatic rings. The van der Waals surface area contributed by atoms with Crippen molar-refractivity contribution in [2.75, 3.05) is 0 Å². The van der Waals surface area contributed by atoms with E-state index in [0.717, 1.165) is 0 Å². The summed E-state index contributed by atoms with van der Waals surface area (Å²) in [4.78, 5) is 7.91. The van der Waals surface area contributed by atoms with Crippen molar-refractivity contribution < 1.29 is 5.48 Å². The zero-order valence-corrected chi connectivity index (χ0v) is 7.01. The summed E-state index contributed by atoms with van der Waals surface area (Å²) in [6, 6.07) is 7.93. The lowest BCUT2D eigenvalue weighted by molar-refractivity contribution is 0.824. The molecule has 2 aromatic heterocycles. The van der Waals surface area contributed by atoms with E-state index in [1.807, 2.05) is 24.3 Å². The molecule has 0 amide bonds. The van der Waals surface area contributed by atoms with Crippen molar-refractivity contribution in [1.29, 1.82) is 0 Å². The van der Waals surface area contributed by atoms with Gasteiger partial charge in [-0.15, -0.1) is 0 Å². The molecule has 0 bridgehead atoms. The normalized spacial score (nSPS) is 8.92. The maximum absolute atomic E-state index is 3.96. The molecule has 2 heterocycles. The van der Waals surface area contributed by atoms with Crippen LogP contribution in [-0.2, 0) is 0 Å². The number of hydrogen-bond donors (Lipinski definition) is 0. The fourth-order valence-electron chi connectivity index (χ4n) is 1.09. The number of nitrogens with zero attached hydrogens (tertiary/aromatic N) is 2. The van der Waals surface area contributed by atoms with Crippen molar-refractivity contribution in [3.05, 3.63) is 49.1 Å². The van der Waals surface area contributed by atoms with E-state index < -0.39 is 0 Å². The highest BCUT2D eigenvalue weighted by Gasteiger charge is 1.92. The van der Waals surface area contributed by atoms with Gasteiger partial charge in [0.2, 0.25) is 0 Å². The van der Waals surface area contributed by atoms with Gasteiger partial charge in [-0.3, -0.25) is 9.97 Å². The number of aromatic nitrogens is 2. The van der Waals surface area contributed by atoms with E-state index in [9.17, 15) is 0 Å². The van der Waals surface area contributed by atoms with Gasteiger partial charge >= 0.3 is 0 Å². The van der Waals surface area contributed by atoms with Crippen LogP contribution in [0, 0.1) is 0 Å². The van der Waals surface area contributed by atoms with Crippen molar-refractivity contribution in [3.63, 3.8) is 0 Å². The largest absolute Gasteiger partial charge is 0.412 e. The number of rotatable bonds is 1. The lowest BCUT2D eigenvalue weighted by Crippen LogP contribution is -1.77. The molecule has 0 fully saturated rings. The Hall–Kier alpha value is -1.74. The molecule has 2 rings (SSSR count). The fourth-order valence-corrected chi connectivity index (χ4v) is 1.09. The molecule has 13 heavy (non-hydrogen) atoms. The summed E-state index contributed by atoms with van der Waals surface area (Å²) < 4.78 is 0. The Kier molecular flexibility index (Phi) is 3.11. The molecule has 0 saturated heterocycles. The first-order valence-electron chi connectivity index (χ1n) is 3.77. The Morgan fingerprint density at radius 3 is 1.23 bits per heavy atom. The van der Waals surface area contributed by atoms with E-state index in [0.29, 0.717) is 0 Å². The summed E-state index contributed by atoms with van der Waals surface area (Å²) in [6.07, 6.45) is 7.15. The Balaban J connectivity index is 0.000000845. The molecule has 2 N–H and O–H groups in total. The lowest BCUT2D eigenvalue weighted by atomic mass is 10.1. The van der Waals surface area contributed by atoms with Crippen molar-refractivity contribution in [2.45, 2.75) is 0 Å². The lowest BCUT2D eigenvalue weighted by Gasteiger charge is -1.97. The summed E-state index contributed by atoms with van der Waals surface area (Å²) in [5, 5.41) is 0. The van der Waals surface area contributed by atoms with Crippen LogP contribution in [0.4, 0.5) is 0 Å². The second-order valence-electron chi connectivity index (χ2n) is 2.47. The molecule has 0 spiro atoms. The maximum atomic E-state index is 3.96. The number of pyridine rings is 2. The van der Waals surface area contributed by atoms with Gasteiger partial charge in [-0.1, -0.05) is 0 Å². The van der Waals surface area contributed by atoms with Crippen LogP contribution < -0.4 is 0 Å². The monoisotopic (exact) mass is 174 g/mol. The SMILES string of the molecule is O.c1cc(-c2ccncc2)ccn1. The van der Waals surface area contributed by atoms with Crippen LogP contribution in [0.1, 0.15) is 0 Å². The van der Waals surface area contributed by atoms with Crippen molar-refractivity contribution in [2.24, 2.45) is 0 Å². The quantitative estimate of drug-likeness (QED) is 0.654. The van der Waals surface area contributed by atoms with Crippen LogP contribution >= 0.6 is 0 Å². The molecule has 66 valence electrons. The van der Waals surface area contributed by atoms with E-state index in [2.05, 4.69) is 9.97 Å². The second kappa shape index (κ2) is 4.33. The molecule has 3 nitrogen and oxygen atoms in total. The van der Waals surface area contributed by atoms with Crippen LogP contribution in [0.15, 0.2) is 49.1 Å². The molecule has 0 aliphatic carbocycles. The zero-order valence-electron chi connectivity index (χ0n) is 7.01. The predicted molar refractivity (Wildman–Crippen MR) is 51.1 cm³/mol. The first kappa shape index (κ1) is 9.35. The summed E-state index contributed by atoms with van der Waals surface area (Å²) in [6.45, 7) is 0. The van der Waals surface area contributed by atoms with Crippen molar-refractivity contribution in [1.82, 2.24) is 9.97 Å². The minimum Gasteiger partial charge on any atom is -0.412 e. The average Bonchev–Trinajstić information content (AvgIpc) is 2.21. The molecule has 0 aliphatic heterocycles. The third kappa shape index (κ3) is 2.10. The Morgan fingerprint density at radius 2 is 0.923 bits per heavy atom. The minimum atomic E-state index is 0. The van der Waals surface area contributed by atoms with Gasteiger partial charge in [-0.25, -0.2) is 0 Å². The van der Waals surface area contributed by atoms with Crippen LogP contribution in [0.5, 0.6) is 0 Å². The van der Waals surface area contributed by atoms with Gasteiger partial charge in [0, 0.05) is 24.8 Å². The van der Waals surface area contributed by atoms with Crippen molar-refractivity contribution in [3.8, 4) is 11.1 Å². The molecule has 0 aliphatic rings. The molecular formula is C10H10N2O. The molecule has 0 saturated carbocycles. The van der Waals surface area contributed by atoms with Gasteiger partial charge in [0.15, 0.2) is 0 Å². The van der Waals surface area contributed by atoms with Crippen LogP contribution in [-0.4, -0.2) is 15.4 Å². The Morgan fingerprint density at radius 1 is 0.615 bits per heavy atom. The van der Waals surface area contributed by atoms with E-state index >= 15 is 0 Å². The number of hydrogen-bond acceptors (Lipinski definition) is 2. The second-order valence-corrected chi connectivity index (χ2v) is 2.47. The van der Waals surface area contributed by atoms with E-state index in [4.69, 9.17) is 0 Å². The van der Waals surface area contributed by atoms with Gasteiger partial charge in [-0.2, -0.15) is 0 Å². The first-order chi connectivity index (χ1) is 5.97. The highest BCUT2D eigenvalue weighted by atomic mass is 16.0. The molecule has 3 heteroatoms. The third-order valence-corrected chi connectivity index (χ3v) is 1.69. The molecule has 0 atom stereocenters. The average molecular weight is 174 g/mol. The summed E-state index contributed by atoms with van der Waals surface area (Å²) >= 11 is 0. The summed E-state index contributed by atoms with van der Waals surface area (Å²) in [5.41, 5.74) is 2.35. The van der Waals surface area contributed by atoms with Crippen LogP contribution in [0.25, 0.3) is 11.1 Å². The van der Waals surface area contributed by atoms with Crippen LogP contribution in [0.3, 0.4) is 0 Å². The van der Waals surface area contributed by atoms with Gasteiger partial charge in [0.25, 0.3) is 0 Å². The van der Waals surface area contributed by atoms with E-state index in [1.165, 1.54) is 11.1 Å². The third-order valence-electron chi connectivity index (χ3n) is 1.69. The smallest absolute Gasteiger partial charge is 0.0273 e. The highest BCUT2D eigenvalue weighted by Crippen LogP contribution is 2.15. The van der Waals surface area contributed by atoms with Gasteiger partial charge in [0.1, 0.15) is 0 Å². The maximum Gasteiger partial charge on any atom is 0.0273 e. The minimum absolute atomic E-state index is 0. The van der Waals surface area contributed by atoms with Gasteiger partial charge in [0.05, 0.1) is 0 Å². The predicted octanol–water partition coefficient (Wildman–Crippen LogP) is 1.32. The molecule has 0 aromatic carbocycles. The van der Waals surface area contributed by atoms with Crippen molar-refractivity contribution >= 4 is 0 Å². The topological polar surface area (TPSA) is 57.3 Å². The molecular weight excluding hydrogens is 164 g/mol. The van der Waals surface area contributed by atoms with Gasteiger partial charge < -0.3 is 5.48 Å². The van der Waals surface area contributed by atoms with Gasteiger partial charge in [-0.05, 0) is 35.4 Å². The van der Waals surface area contributed by atoms with E-state index in [-0.39, 0.29) is 5.48 Å². The highest BCUT2D eigenvalue weighted by molar-refractivity contribution is 5.61. The Labute approximate surface area is 76.4 Å². The zero-order chi connectivity index (χ0) is 8.23. The Bertz CT molecular complexity index is 310. The summed E-state index contributed by atoms with van der Waals surface area (Å²) in [5.74, 6) is 0. The summed E-state index contributed by atoms with van der Waals surface area (Å²) in [7, 11) is 0. The standard InChI is InChI=1S/C10H8N2.H2O/c1-5-11-6-2-9(1)10-3-7-12-8-4-10;/h1-8H;1H2. The van der Waals surface area contributed by atoms with E-state index in [1.54, 1.807) is 24.8 Å². The first-order valence-corrected chi connectivity index (χ1v) is 3.77. The fraction of sp³-hybridized carbons (Fsp3) is 0.